The third-order valence-electron chi connectivity index (χ3n) is 8.99. The monoisotopic (exact) mass is 404 g/mol. The molecule has 3 saturated carbocycles. The summed E-state index contributed by atoms with van der Waals surface area (Å²) < 4.78 is 6.43. The van der Waals surface area contributed by atoms with E-state index < -0.39 is 0 Å². The van der Waals surface area contributed by atoms with Crippen LogP contribution in [0.4, 0.5) is 0 Å². The Balaban J connectivity index is 1.24. The molecule has 29 heavy (non-hydrogen) atoms. The molecule has 0 radical (unpaired) electrons. The third kappa shape index (κ3) is 8.19. The van der Waals surface area contributed by atoms with E-state index in [-0.39, 0.29) is 0 Å². The average molecular weight is 405 g/mol. The van der Waals surface area contributed by atoms with Crippen LogP contribution in [0.25, 0.3) is 0 Å². The molecule has 170 valence electrons. The molecular formula is C28H52O. The van der Waals surface area contributed by atoms with Crippen molar-refractivity contribution in [3.05, 3.63) is 0 Å². The van der Waals surface area contributed by atoms with Gasteiger partial charge in [-0.2, -0.15) is 0 Å². The van der Waals surface area contributed by atoms with Crippen molar-refractivity contribution in [1.29, 1.82) is 0 Å². The molecule has 3 aliphatic rings. The summed E-state index contributed by atoms with van der Waals surface area (Å²) in [5.74, 6) is 5.07. The summed E-state index contributed by atoms with van der Waals surface area (Å²) in [6.45, 7) is 5.73. The SMILES string of the molecule is CCCCC[C@H]1CC[C@H](OCC2CCC(C3CCC(CCCC)CC3)CC2)CC1. The number of unbranched alkanes of at least 4 members (excludes halogenated alkanes) is 3. The maximum atomic E-state index is 6.43. The summed E-state index contributed by atoms with van der Waals surface area (Å²) >= 11 is 0. The molecule has 0 amide bonds. The summed E-state index contributed by atoms with van der Waals surface area (Å²) in [5.41, 5.74) is 0. The van der Waals surface area contributed by atoms with Crippen LogP contribution in [-0.2, 0) is 4.74 Å². The largest absolute Gasteiger partial charge is 0.378 e. The van der Waals surface area contributed by atoms with Crippen molar-refractivity contribution in [2.45, 2.75) is 142 Å². The number of hydrogen-bond donors (Lipinski definition) is 0. The van der Waals surface area contributed by atoms with Gasteiger partial charge in [-0.05, 0) is 93.8 Å². The lowest BCUT2D eigenvalue weighted by molar-refractivity contribution is -0.0130. The summed E-state index contributed by atoms with van der Waals surface area (Å²) in [5, 5.41) is 0. The van der Waals surface area contributed by atoms with Crippen molar-refractivity contribution in [3.63, 3.8) is 0 Å². The second-order valence-corrected chi connectivity index (χ2v) is 11.2. The lowest BCUT2D eigenvalue weighted by Crippen LogP contribution is -2.29. The standard InChI is InChI=1S/C28H52O/c1-3-5-7-9-24-14-20-28(21-15-24)29-22-25-12-18-27(19-13-25)26-16-10-23(11-17-26)8-6-4-2/h23-28H,3-22H2,1-2H3/t23?,24-,25?,26?,27?,28-. The Labute approximate surface area is 183 Å². The highest BCUT2D eigenvalue weighted by Crippen LogP contribution is 2.42. The zero-order valence-corrected chi connectivity index (χ0v) is 20.0. The van der Waals surface area contributed by atoms with Crippen molar-refractivity contribution in [1.82, 2.24) is 0 Å². The van der Waals surface area contributed by atoms with Crippen LogP contribution in [-0.4, -0.2) is 12.7 Å². The molecule has 0 aromatic rings. The van der Waals surface area contributed by atoms with Crippen molar-refractivity contribution in [3.8, 4) is 0 Å². The van der Waals surface area contributed by atoms with Gasteiger partial charge in [-0.25, -0.2) is 0 Å². The molecule has 1 nitrogen and oxygen atoms in total. The Morgan fingerprint density at radius 2 is 1.00 bits per heavy atom. The minimum atomic E-state index is 0.591. The van der Waals surface area contributed by atoms with Crippen molar-refractivity contribution in [2.24, 2.45) is 29.6 Å². The molecule has 0 aromatic carbocycles. The lowest BCUT2D eigenvalue weighted by Gasteiger charge is -2.38. The molecule has 0 aliphatic heterocycles. The Kier molecular flexibility index (Phi) is 10.9. The van der Waals surface area contributed by atoms with E-state index in [4.69, 9.17) is 4.74 Å². The van der Waals surface area contributed by atoms with Gasteiger partial charge in [0.1, 0.15) is 0 Å². The van der Waals surface area contributed by atoms with Gasteiger partial charge >= 0.3 is 0 Å². The second-order valence-electron chi connectivity index (χ2n) is 11.2. The molecule has 0 spiro atoms. The van der Waals surface area contributed by atoms with E-state index in [1.165, 1.54) is 109 Å². The van der Waals surface area contributed by atoms with Gasteiger partial charge in [0.05, 0.1) is 6.10 Å². The maximum Gasteiger partial charge on any atom is 0.0575 e. The van der Waals surface area contributed by atoms with Gasteiger partial charge in [0.25, 0.3) is 0 Å². The van der Waals surface area contributed by atoms with E-state index in [0.29, 0.717) is 6.10 Å². The highest BCUT2D eigenvalue weighted by atomic mass is 16.5. The Bertz CT molecular complexity index is 395. The summed E-state index contributed by atoms with van der Waals surface area (Å²) in [4.78, 5) is 0. The minimum Gasteiger partial charge on any atom is -0.378 e. The van der Waals surface area contributed by atoms with Crippen molar-refractivity contribution in [2.75, 3.05) is 6.61 Å². The Morgan fingerprint density at radius 1 is 0.517 bits per heavy atom. The highest BCUT2D eigenvalue weighted by Gasteiger charge is 2.31. The molecule has 0 unspecified atom stereocenters. The van der Waals surface area contributed by atoms with Crippen LogP contribution in [0.3, 0.4) is 0 Å². The van der Waals surface area contributed by atoms with E-state index in [1.54, 1.807) is 12.8 Å². The quantitative estimate of drug-likeness (QED) is 0.312. The van der Waals surface area contributed by atoms with Gasteiger partial charge < -0.3 is 4.74 Å². The van der Waals surface area contributed by atoms with E-state index in [1.807, 2.05) is 0 Å². The van der Waals surface area contributed by atoms with E-state index in [2.05, 4.69) is 13.8 Å². The molecule has 0 atom stereocenters. The first-order valence-electron chi connectivity index (χ1n) is 13.9. The first kappa shape index (κ1) is 23.6. The zero-order valence-electron chi connectivity index (χ0n) is 20.0. The van der Waals surface area contributed by atoms with Gasteiger partial charge in [0.2, 0.25) is 0 Å². The van der Waals surface area contributed by atoms with E-state index in [0.717, 1.165) is 36.2 Å². The summed E-state index contributed by atoms with van der Waals surface area (Å²) in [7, 11) is 0. The molecule has 0 bridgehead atoms. The molecule has 0 aromatic heterocycles. The van der Waals surface area contributed by atoms with Crippen LogP contribution >= 0.6 is 0 Å². The molecular weight excluding hydrogens is 352 g/mol. The third-order valence-corrected chi connectivity index (χ3v) is 8.99. The van der Waals surface area contributed by atoms with Gasteiger partial charge in [-0.15, -0.1) is 0 Å². The van der Waals surface area contributed by atoms with Crippen molar-refractivity contribution >= 4 is 0 Å². The fourth-order valence-corrected chi connectivity index (χ4v) is 6.81. The maximum absolute atomic E-state index is 6.43. The van der Waals surface area contributed by atoms with Crippen LogP contribution in [0, 0.1) is 29.6 Å². The van der Waals surface area contributed by atoms with Crippen LogP contribution in [0.1, 0.15) is 136 Å². The molecule has 0 N–H and O–H groups in total. The van der Waals surface area contributed by atoms with Gasteiger partial charge in [-0.1, -0.05) is 71.6 Å². The van der Waals surface area contributed by atoms with Crippen LogP contribution < -0.4 is 0 Å². The predicted octanol–water partition coefficient (Wildman–Crippen LogP) is 8.95. The number of rotatable bonds is 11. The first-order valence-corrected chi connectivity index (χ1v) is 13.9. The van der Waals surface area contributed by atoms with Crippen LogP contribution in [0.2, 0.25) is 0 Å². The topological polar surface area (TPSA) is 9.23 Å². The van der Waals surface area contributed by atoms with Gasteiger partial charge in [0.15, 0.2) is 0 Å². The van der Waals surface area contributed by atoms with E-state index >= 15 is 0 Å². The molecule has 0 saturated heterocycles. The van der Waals surface area contributed by atoms with Crippen molar-refractivity contribution < 1.29 is 4.74 Å². The summed E-state index contributed by atoms with van der Waals surface area (Å²) in [6.07, 6.45) is 28.3. The highest BCUT2D eigenvalue weighted by molar-refractivity contribution is 4.82. The zero-order chi connectivity index (χ0) is 20.3. The van der Waals surface area contributed by atoms with Gasteiger partial charge in [0, 0.05) is 6.61 Å². The van der Waals surface area contributed by atoms with Crippen LogP contribution in [0.5, 0.6) is 0 Å². The molecule has 0 heterocycles. The van der Waals surface area contributed by atoms with Gasteiger partial charge in [-0.3, -0.25) is 0 Å². The fourth-order valence-electron chi connectivity index (χ4n) is 6.81. The molecule has 3 rings (SSSR count). The number of ether oxygens (including phenoxy) is 1. The first-order chi connectivity index (χ1) is 14.3. The smallest absolute Gasteiger partial charge is 0.0575 e. The molecule has 3 aliphatic carbocycles. The van der Waals surface area contributed by atoms with Crippen LogP contribution in [0.15, 0.2) is 0 Å². The summed E-state index contributed by atoms with van der Waals surface area (Å²) in [6, 6.07) is 0. The Morgan fingerprint density at radius 3 is 1.55 bits per heavy atom. The molecule has 1 heteroatoms. The molecule has 3 fully saturated rings. The average Bonchev–Trinajstić information content (AvgIpc) is 2.78. The lowest BCUT2D eigenvalue weighted by atomic mass is 9.69. The minimum absolute atomic E-state index is 0.591. The second kappa shape index (κ2) is 13.4. The van der Waals surface area contributed by atoms with E-state index in [9.17, 15) is 0 Å². The number of hydrogen-bond acceptors (Lipinski definition) is 1. The predicted molar refractivity (Wildman–Crippen MR) is 126 cm³/mol. The fraction of sp³-hybridized carbons (Fsp3) is 1.00. The Hall–Kier alpha value is -0.0400. The normalized spacial score (nSPS) is 36.2.